The number of para-hydroxylation sites is 1. The van der Waals surface area contributed by atoms with Crippen LogP contribution in [-0.4, -0.2) is 32.6 Å². The lowest BCUT2D eigenvalue weighted by Gasteiger charge is -2.25. The Kier molecular flexibility index (Phi) is 4.19. The van der Waals surface area contributed by atoms with Crippen molar-refractivity contribution in [3.63, 3.8) is 0 Å². The van der Waals surface area contributed by atoms with Gasteiger partial charge in [-0.05, 0) is 31.9 Å². The maximum Gasteiger partial charge on any atom is 0.152 e. The average molecular weight is 284 g/mol. The quantitative estimate of drug-likeness (QED) is 0.822. The number of hydrogen-bond donors (Lipinski definition) is 2. The van der Waals surface area contributed by atoms with Gasteiger partial charge >= 0.3 is 0 Å². The summed E-state index contributed by atoms with van der Waals surface area (Å²) in [6.45, 7) is 2.44. The van der Waals surface area contributed by atoms with E-state index in [1.807, 2.05) is 25.1 Å². The highest BCUT2D eigenvalue weighted by Crippen LogP contribution is 2.30. The predicted molar refractivity (Wildman–Crippen MR) is 77.3 cm³/mol. The van der Waals surface area contributed by atoms with Gasteiger partial charge in [0.1, 0.15) is 5.75 Å². The molecule has 1 aliphatic rings. The minimum absolute atomic E-state index is 0.0714. The fourth-order valence-corrected chi connectivity index (χ4v) is 3.94. The maximum absolute atomic E-state index is 11.6. The van der Waals surface area contributed by atoms with Crippen LogP contribution in [-0.2, 0) is 9.84 Å². The van der Waals surface area contributed by atoms with Gasteiger partial charge in [-0.15, -0.1) is 0 Å². The first-order chi connectivity index (χ1) is 9.02. The first-order valence-corrected chi connectivity index (χ1v) is 8.32. The first kappa shape index (κ1) is 14.0. The predicted octanol–water partition coefficient (Wildman–Crippen LogP) is 1.66. The van der Waals surface area contributed by atoms with Crippen LogP contribution in [0.1, 0.15) is 19.8 Å². The Balaban J connectivity index is 2.13. The molecule has 1 unspecified atom stereocenters. The van der Waals surface area contributed by atoms with Gasteiger partial charge in [-0.3, -0.25) is 0 Å². The number of nitrogens with two attached hydrogens (primary N) is 1. The number of benzene rings is 1. The third kappa shape index (κ3) is 3.53. The summed E-state index contributed by atoms with van der Waals surface area (Å²) in [5.74, 6) is 1.09. The third-order valence-electron chi connectivity index (χ3n) is 3.19. The molecule has 1 saturated heterocycles. The summed E-state index contributed by atoms with van der Waals surface area (Å²) >= 11 is 0. The Hall–Kier alpha value is -1.43. The fraction of sp³-hybridized carbons (Fsp3) is 0.538. The van der Waals surface area contributed by atoms with E-state index in [1.165, 1.54) is 0 Å². The lowest BCUT2D eigenvalue weighted by atomic mass is 10.1. The van der Waals surface area contributed by atoms with Gasteiger partial charge in [0, 0.05) is 6.04 Å². The summed E-state index contributed by atoms with van der Waals surface area (Å²) in [5.41, 5.74) is 7.30. The Morgan fingerprint density at radius 1 is 1.47 bits per heavy atom. The standard InChI is InChI=1S/C13H20N2O3S/c1-2-18-12-7-3-6-11(13(12)14)15-10-5-4-8-19(16,17)9-10/h3,6-7,10,15H,2,4-5,8-9,14H2,1H3. The molecule has 5 nitrogen and oxygen atoms in total. The monoisotopic (exact) mass is 284 g/mol. The average Bonchev–Trinajstić information content (AvgIpc) is 2.33. The van der Waals surface area contributed by atoms with E-state index in [-0.39, 0.29) is 11.8 Å². The second-order valence-corrected chi connectivity index (χ2v) is 6.98. The molecular weight excluding hydrogens is 264 g/mol. The molecule has 0 amide bonds. The number of ether oxygens (including phenoxy) is 1. The van der Waals surface area contributed by atoms with Crippen molar-refractivity contribution in [3.8, 4) is 5.75 Å². The van der Waals surface area contributed by atoms with E-state index in [2.05, 4.69) is 5.32 Å². The zero-order valence-electron chi connectivity index (χ0n) is 11.1. The van der Waals surface area contributed by atoms with Crippen molar-refractivity contribution >= 4 is 21.2 Å². The van der Waals surface area contributed by atoms with E-state index in [0.717, 1.165) is 12.1 Å². The molecule has 19 heavy (non-hydrogen) atoms. The van der Waals surface area contributed by atoms with Crippen molar-refractivity contribution in [2.45, 2.75) is 25.8 Å². The molecule has 1 heterocycles. The molecule has 106 valence electrons. The molecular formula is C13H20N2O3S. The highest BCUT2D eigenvalue weighted by molar-refractivity contribution is 7.91. The van der Waals surface area contributed by atoms with Crippen LogP contribution in [0, 0.1) is 0 Å². The van der Waals surface area contributed by atoms with Gasteiger partial charge in [0.2, 0.25) is 0 Å². The minimum atomic E-state index is -2.92. The zero-order chi connectivity index (χ0) is 13.9. The van der Waals surface area contributed by atoms with Gasteiger partial charge in [-0.2, -0.15) is 0 Å². The molecule has 0 radical (unpaired) electrons. The summed E-state index contributed by atoms with van der Waals surface area (Å²) < 4.78 is 28.6. The van der Waals surface area contributed by atoms with Crippen molar-refractivity contribution in [3.05, 3.63) is 18.2 Å². The van der Waals surface area contributed by atoms with E-state index in [0.29, 0.717) is 30.2 Å². The summed E-state index contributed by atoms with van der Waals surface area (Å²) in [6, 6.07) is 5.43. The van der Waals surface area contributed by atoms with Gasteiger partial charge in [0.15, 0.2) is 9.84 Å². The van der Waals surface area contributed by atoms with E-state index in [1.54, 1.807) is 0 Å². The SMILES string of the molecule is CCOc1cccc(NC2CCCS(=O)(=O)C2)c1N. The smallest absolute Gasteiger partial charge is 0.152 e. The summed E-state index contributed by atoms with van der Waals surface area (Å²) in [6.07, 6.45) is 1.54. The molecule has 1 fully saturated rings. The molecule has 1 aliphatic heterocycles. The van der Waals surface area contributed by atoms with E-state index in [4.69, 9.17) is 10.5 Å². The molecule has 0 aromatic heterocycles. The van der Waals surface area contributed by atoms with E-state index < -0.39 is 9.84 Å². The summed E-state index contributed by atoms with van der Waals surface area (Å²) in [5, 5.41) is 3.22. The molecule has 1 atom stereocenters. The van der Waals surface area contributed by atoms with Crippen LogP contribution in [0.4, 0.5) is 11.4 Å². The molecule has 3 N–H and O–H groups in total. The highest BCUT2D eigenvalue weighted by Gasteiger charge is 2.25. The first-order valence-electron chi connectivity index (χ1n) is 6.50. The van der Waals surface area contributed by atoms with Gasteiger partial charge in [0.25, 0.3) is 0 Å². The number of hydrogen-bond acceptors (Lipinski definition) is 5. The third-order valence-corrected chi connectivity index (χ3v) is 5.01. The van der Waals surface area contributed by atoms with E-state index in [9.17, 15) is 8.42 Å². The highest BCUT2D eigenvalue weighted by atomic mass is 32.2. The van der Waals surface area contributed by atoms with Gasteiger partial charge in [0.05, 0.1) is 29.5 Å². The van der Waals surface area contributed by atoms with Crippen LogP contribution in [0.5, 0.6) is 5.75 Å². The molecule has 1 aromatic carbocycles. The van der Waals surface area contributed by atoms with Crippen LogP contribution >= 0.6 is 0 Å². The van der Waals surface area contributed by atoms with Crippen molar-refractivity contribution in [1.82, 2.24) is 0 Å². The number of anilines is 2. The minimum Gasteiger partial charge on any atom is -0.492 e. The molecule has 6 heteroatoms. The number of rotatable bonds is 4. The van der Waals surface area contributed by atoms with Crippen LogP contribution < -0.4 is 15.8 Å². The largest absolute Gasteiger partial charge is 0.492 e. The molecule has 1 aromatic rings. The molecule has 2 rings (SSSR count). The maximum atomic E-state index is 11.6. The van der Waals surface area contributed by atoms with Gasteiger partial charge in [-0.1, -0.05) is 6.07 Å². The molecule has 0 spiro atoms. The van der Waals surface area contributed by atoms with Gasteiger partial charge in [-0.25, -0.2) is 8.42 Å². The lowest BCUT2D eigenvalue weighted by molar-refractivity contribution is 0.342. The molecule has 0 bridgehead atoms. The summed E-state index contributed by atoms with van der Waals surface area (Å²) in [7, 11) is -2.92. The second kappa shape index (κ2) is 5.69. The summed E-state index contributed by atoms with van der Waals surface area (Å²) in [4.78, 5) is 0. The Bertz CT molecular complexity index is 543. The van der Waals surface area contributed by atoms with Gasteiger partial charge < -0.3 is 15.8 Å². The normalized spacial score (nSPS) is 21.8. The van der Waals surface area contributed by atoms with Crippen LogP contribution in [0.2, 0.25) is 0 Å². The van der Waals surface area contributed by atoms with Crippen LogP contribution in [0.25, 0.3) is 0 Å². The number of nitrogen functional groups attached to an aromatic ring is 1. The lowest BCUT2D eigenvalue weighted by Crippen LogP contribution is -2.35. The van der Waals surface area contributed by atoms with E-state index >= 15 is 0 Å². The topological polar surface area (TPSA) is 81.4 Å². The number of nitrogens with one attached hydrogen (secondary N) is 1. The molecule has 0 saturated carbocycles. The van der Waals surface area contributed by atoms with Crippen molar-refractivity contribution < 1.29 is 13.2 Å². The Labute approximate surface area is 114 Å². The van der Waals surface area contributed by atoms with Crippen molar-refractivity contribution in [1.29, 1.82) is 0 Å². The van der Waals surface area contributed by atoms with Crippen LogP contribution in [0.3, 0.4) is 0 Å². The van der Waals surface area contributed by atoms with Crippen LogP contribution in [0.15, 0.2) is 18.2 Å². The fourth-order valence-electron chi connectivity index (χ4n) is 2.31. The zero-order valence-corrected chi connectivity index (χ0v) is 11.9. The second-order valence-electron chi connectivity index (χ2n) is 4.75. The van der Waals surface area contributed by atoms with Crippen molar-refractivity contribution in [2.75, 3.05) is 29.2 Å². The Morgan fingerprint density at radius 2 is 2.26 bits per heavy atom. The van der Waals surface area contributed by atoms with Crippen molar-refractivity contribution in [2.24, 2.45) is 0 Å². The Morgan fingerprint density at radius 3 is 2.95 bits per heavy atom. The molecule has 0 aliphatic carbocycles. The number of sulfone groups is 1.